The summed E-state index contributed by atoms with van der Waals surface area (Å²) in [5.41, 5.74) is 0. The number of halogens is 1. The second-order valence-electron chi connectivity index (χ2n) is 5.38. The zero-order valence-electron chi connectivity index (χ0n) is 12.1. The highest BCUT2D eigenvalue weighted by Gasteiger charge is 2.25. The van der Waals surface area contributed by atoms with Crippen molar-refractivity contribution in [3.8, 4) is 0 Å². The maximum atomic E-state index is 6.10. The summed E-state index contributed by atoms with van der Waals surface area (Å²) in [6, 6.07) is 2.75. The molecule has 1 aliphatic rings. The van der Waals surface area contributed by atoms with Crippen LogP contribution in [-0.2, 0) is 0 Å². The standard InChI is InChI=1S/C14H19ClN4S/c1-4-10-8-19(6-5-18(10)3)12-11-7-9(2)20-13(11)17-14(15)16-12/h7,10H,4-6,8H2,1-3H3. The third kappa shape index (κ3) is 2.50. The molecule has 108 valence electrons. The van der Waals surface area contributed by atoms with Gasteiger partial charge in [0.05, 0.1) is 5.39 Å². The third-order valence-corrected chi connectivity index (χ3v) is 5.13. The highest BCUT2D eigenvalue weighted by molar-refractivity contribution is 7.18. The molecule has 2 aromatic heterocycles. The van der Waals surface area contributed by atoms with Crippen LogP contribution >= 0.6 is 22.9 Å². The van der Waals surface area contributed by atoms with Crippen LogP contribution in [0.4, 0.5) is 5.82 Å². The van der Waals surface area contributed by atoms with Crippen LogP contribution in [0.5, 0.6) is 0 Å². The maximum Gasteiger partial charge on any atom is 0.225 e. The molecule has 4 nitrogen and oxygen atoms in total. The molecule has 0 N–H and O–H groups in total. The number of piperazine rings is 1. The summed E-state index contributed by atoms with van der Waals surface area (Å²) in [5, 5.41) is 1.48. The average molecular weight is 311 g/mol. The fourth-order valence-electron chi connectivity index (χ4n) is 2.82. The predicted octanol–water partition coefficient (Wildman–Crippen LogP) is 3.18. The van der Waals surface area contributed by atoms with E-state index in [9.17, 15) is 0 Å². The van der Waals surface area contributed by atoms with E-state index in [2.05, 4.69) is 46.7 Å². The maximum absolute atomic E-state index is 6.10. The number of hydrogen-bond acceptors (Lipinski definition) is 5. The molecule has 0 bridgehead atoms. The van der Waals surface area contributed by atoms with E-state index in [1.807, 2.05) is 0 Å². The molecule has 0 aliphatic carbocycles. The number of fused-ring (bicyclic) bond motifs is 1. The van der Waals surface area contributed by atoms with Crippen LogP contribution < -0.4 is 4.90 Å². The van der Waals surface area contributed by atoms with Gasteiger partial charge in [0, 0.05) is 30.6 Å². The van der Waals surface area contributed by atoms with Gasteiger partial charge in [-0.25, -0.2) is 4.98 Å². The molecule has 6 heteroatoms. The normalized spacial score (nSPS) is 20.8. The Morgan fingerprint density at radius 1 is 1.40 bits per heavy atom. The molecule has 1 atom stereocenters. The Balaban J connectivity index is 2.01. The van der Waals surface area contributed by atoms with Crippen molar-refractivity contribution in [3.63, 3.8) is 0 Å². The summed E-state index contributed by atoms with van der Waals surface area (Å²) in [4.78, 5) is 15.9. The lowest BCUT2D eigenvalue weighted by Crippen LogP contribution is -2.51. The van der Waals surface area contributed by atoms with Crippen LogP contribution in [0.3, 0.4) is 0 Å². The molecular formula is C14H19ClN4S. The summed E-state index contributed by atoms with van der Waals surface area (Å²) >= 11 is 7.78. The first kappa shape index (κ1) is 14.0. The molecule has 0 spiro atoms. The van der Waals surface area contributed by atoms with Crippen molar-refractivity contribution in [2.75, 3.05) is 31.6 Å². The molecule has 1 aliphatic heterocycles. The van der Waals surface area contributed by atoms with Gasteiger partial charge in [-0.3, -0.25) is 4.90 Å². The van der Waals surface area contributed by atoms with Crippen LogP contribution in [0.2, 0.25) is 5.28 Å². The Labute approximate surface area is 128 Å². The Morgan fingerprint density at radius 3 is 2.95 bits per heavy atom. The van der Waals surface area contributed by atoms with Crippen molar-refractivity contribution in [2.24, 2.45) is 0 Å². The molecule has 0 aromatic carbocycles. The lowest BCUT2D eigenvalue weighted by molar-refractivity contribution is 0.213. The average Bonchev–Trinajstić information content (AvgIpc) is 2.78. The second-order valence-corrected chi connectivity index (χ2v) is 6.95. The Morgan fingerprint density at radius 2 is 2.20 bits per heavy atom. The van der Waals surface area contributed by atoms with Crippen molar-refractivity contribution in [1.82, 2.24) is 14.9 Å². The minimum Gasteiger partial charge on any atom is -0.353 e. The zero-order chi connectivity index (χ0) is 14.3. The van der Waals surface area contributed by atoms with Gasteiger partial charge < -0.3 is 4.90 Å². The largest absolute Gasteiger partial charge is 0.353 e. The third-order valence-electron chi connectivity index (χ3n) is 4.02. The molecule has 1 unspecified atom stereocenters. The summed E-state index contributed by atoms with van der Waals surface area (Å²) in [7, 11) is 2.20. The second kappa shape index (κ2) is 5.47. The van der Waals surface area contributed by atoms with E-state index in [-0.39, 0.29) is 0 Å². The molecule has 0 radical (unpaired) electrons. The van der Waals surface area contributed by atoms with E-state index in [1.165, 1.54) is 4.88 Å². The van der Waals surface area contributed by atoms with Gasteiger partial charge in [-0.1, -0.05) is 6.92 Å². The van der Waals surface area contributed by atoms with Gasteiger partial charge in [-0.05, 0) is 38.1 Å². The van der Waals surface area contributed by atoms with Gasteiger partial charge in [-0.2, -0.15) is 4.98 Å². The van der Waals surface area contributed by atoms with Gasteiger partial charge in [0.25, 0.3) is 0 Å². The van der Waals surface area contributed by atoms with Gasteiger partial charge in [0.1, 0.15) is 10.6 Å². The zero-order valence-corrected chi connectivity index (χ0v) is 13.6. The molecule has 2 aromatic rings. The number of rotatable bonds is 2. The summed E-state index contributed by atoms with van der Waals surface area (Å²) in [6.07, 6.45) is 1.15. The van der Waals surface area contributed by atoms with E-state index < -0.39 is 0 Å². The fourth-order valence-corrected chi connectivity index (χ4v) is 3.91. The van der Waals surface area contributed by atoms with Crippen molar-refractivity contribution in [3.05, 3.63) is 16.2 Å². The highest BCUT2D eigenvalue weighted by Crippen LogP contribution is 2.32. The predicted molar refractivity (Wildman–Crippen MR) is 86.1 cm³/mol. The molecule has 1 saturated heterocycles. The molecule has 0 amide bonds. The minimum atomic E-state index is 0.348. The monoisotopic (exact) mass is 310 g/mol. The number of aromatic nitrogens is 2. The topological polar surface area (TPSA) is 32.3 Å². The van der Waals surface area contributed by atoms with Gasteiger partial charge in [0.2, 0.25) is 5.28 Å². The lowest BCUT2D eigenvalue weighted by Gasteiger charge is -2.39. The molecular weight excluding hydrogens is 292 g/mol. The first-order chi connectivity index (χ1) is 9.58. The summed E-state index contributed by atoms with van der Waals surface area (Å²) in [6.45, 7) is 7.39. The summed E-state index contributed by atoms with van der Waals surface area (Å²) < 4.78 is 0. The van der Waals surface area contributed by atoms with Gasteiger partial charge >= 0.3 is 0 Å². The number of anilines is 1. The Hall–Kier alpha value is -0.910. The van der Waals surface area contributed by atoms with Crippen LogP contribution in [0, 0.1) is 6.92 Å². The number of hydrogen-bond donors (Lipinski definition) is 0. The van der Waals surface area contributed by atoms with E-state index in [1.54, 1.807) is 11.3 Å². The van der Waals surface area contributed by atoms with Crippen LogP contribution in [0.25, 0.3) is 10.2 Å². The van der Waals surface area contributed by atoms with Crippen LogP contribution in [0.15, 0.2) is 6.07 Å². The first-order valence-corrected chi connectivity index (χ1v) is 8.16. The molecule has 20 heavy (non-hydrogen) atoms. The lowest BCUT2D eigenvalue weighted by atomic mass is 10.1. The molecule has 0 saturated carbocycles. The number of nitrogens with zero attached hydrogens (tertiary/aromatic N) is 4. The van der Waals surface area contributed by atoms with Crippen molar-refractivity contribution in [2.45, 2.75) is 26.3 Å². The van der Waals surface area contributed by atoms with Crippen molar-refractivity contribution < 1.29 is 0 Å². The van der Waals surface area contributed by atoms with Gasteiger partial charge in [0.15, 0.2) is 0 Å². The SMILES string of the molecule is CCC1CN(c2nc(Cl)nc3sc(C)cc23)CCN1C. The smallest absolute Gasteiger partial charge is 0.225 e. The quantitative estimate of drug-likeness (QED) is 0.798. The molecule has 1 fully saturated rings. The van der Waals surface area contributed by atoms with Crippen molar-refractivity contribution >= 4 is 39.0 Å². The van der Waals surface area contributed by atoms with Gasteiger partial charge in [-0.15, -0.1) is 11.3 Å². The highest BCUT2D eigenvalue weighted by atomic mass is 35.5. The van der Waals surface area contributed by atoms with E-state index in [4.69, 9.17) is 11.6 Å². The number of likely N-dealkylation sites (N-methyl/N-ethyl adjacent to an activating group) is 1. The molecule has 3 rings (SSSR count). The van der Waals surface area contributed by atoms with Crippen LogP contribution in [-0.4, -0.2) is 47.6 Å². The van der Waals surface area contributed by atoms with E-state index in [0.717, 1.165) is 42.1 Å². The number of thiophene rings is 1. The summed E-state index contributed by atoms with van der Waals surface area (Å²) in [5.74, 6) is 0.996. The van der Waals surface area contributed by atoms with E-state index in [0.29, 0.717) is 11.3 Å². The Bertz CT molecular complexity index is 627. The van der Waals surface area contributed by atoms with Crippen LogP contribution in [0.1, 0.15) is 18.2 Å². The van der Waals surface area contributed by atoms with Crippen molar-refractivity contribution in [1.29, 1.82) is 0 Å². The Kier molecular flexibility index (Phi) is 3.84. The number of aryl methyl sites for hydroxylation is 1. The fraction of sp³-hybridized carbons (Fsp3) is 0.571. The molecule has 3 heterocycles. The van der Waals surface area contributed by atoms with E-state index >= 15 is 0 Å². The first-order valence-electron chi connectivity index (χ1n) is 6.97. The minimum absolute atomic E-state index is 0.348.